The summed E-state index contributed by atoms with van der Waals surface area (Å²) in [4.78, 5) is 13.4. The van der Waals surface area contributed by atoms with Crippen LogP contribution < -0.4 is 5.73 Å². The van der Waals surface area contributed by atoms with Crippen molar-refractivity contribution in [2.24, 2.45) is 5.92 Å². The van der Waals surface area contributed by atoms with Crippen molar-refractivity contribution in [3.05, 3.63) is 29.3 Å². The second kappa shape index (κ2) is 5.13. The average Bonchev–Trinajstić information content (AvgIpc) is 2.30. The van der Waals surface area contributed by atoms with Crippen LogP contribution in [0.1, 0.15) is 23.2 Å². The van der Waals surface area contributed by atoms with Crippen LogP contribution in [-0.2, 0) is 0 Å². The molecule has 2 rings (SSSR count). The van der Waals surface area contributed by atoms with Crippen LogP contribution in [0.3, 0.4) is 0 Å². The van der Waals surface area contributed by atoms with Crippen molar-refractivity contribution in [2.75, 3.05) is 19.3 Å². The van der Waals surface area contributed by atoms with E-state index < -0.39 is 17.5 Å². The Morgan fingerprint density at radius 3 is 2.68 bits per heavy atom. The number of benzene rings is 1. The fourth-order valence-corrected chi connectivity index (χ4v) is 2.29. The van der Waals surface area contributed by atoms with Gasteiger partial charge < -0.3 is 15.7 Å². The average molecular weight is 270 g/mol. The van der Waals surface area contributed by atoms with E-state index in [2.05, 4.69) is 0 Å². The third kappa shape index (κ3) is 2.84. The topological polar surface area (TPSA) is 66.6 Å². The highest BCUT2D eigenvalue weighted by molar-refractivity contribution is 5.95. The molecule has 0 heterocycles. The van der Waals surface area contributed by atoms with Crippen molar-refractivity contribution >= 4 is 11.6 Å². The minimum absolute atomic E-state index is 0.206. The van der Waals surface area contributed by atoms with Gasteiger partial charge in [-0.1, -0.05) is 0 Å². The van der Waals surface area contributed by atoms with Crippen molar-refractivity contribution in [3.8, 4) is 0 Å². The first-order valence-electron chi connectivity index (χ1n) is 6.06. The molecule has 3 N–H and O–H groups in total. The van der Waals surface area contributed by atoms with E-state index in [1.54, 1.807) is 0 Å². The molecule has 0 atom stereocenters. The third-order valence-electron chi connectivity index (χ3n) is 3.39. The van der Waals surface area contributed by atoms with Crippen LogP contribution in [0.4, 0.5) is 14.5 Å². The summed E-state index contributed by atoms with van der Waals surface area (Å²) in [6, 6.07) is 1.69. The van der Waals surface area contributed by atoms with Gasteiger partial charge in [0.1, 0.15) is 5.82 Å². The van der Waals surface area contributed by atoms with Crippen LogP contribution in [0.15, 0.2) is 12.1 Å². The van der Waals surface area contributed by atoms with Gasteiger partial charge in [0.05, 0.1) is 17.4 Å². The Hall–Kier alpha value is -1.69. The maximum atomic E-state index is 13.7. The second-order valence-electron chi connectivity index (χ2n) is 5.03. The molecule has 0 saturated heterocycles. The Labute approximate surface area is 109 Å². The largest absolute Gasteiger partial charge is 0.396 e. The van der Waals surface area contributed by atoms with Gasteiger partial charge in [-0.2, -0.15) is 0 Å². The van der Waals surface area contributed by atoms with Gasteiger partial charge in [-0.15, -0.1) is 0 Å². The van der Waals surface area contributed by atoms with Gasteiger partial charge in [0.15, 0.2) is 5.82 Å². The van der Waals surface area contributed by atoms with Crippen molar-refractivity contribution in [2.45, 2.75) is 18.9 Å². The summed E-state index contributed by atoms with van der Waals surface area (Å²) >= 11 is 0. The van der Waals surface area contributed by atoms with E-state index in [0.29, 0.717) is 19.4 Å². The minimum Gasteiger partial charge on any atom is -0.396 e. The molecule has 1 fully saturated rings. The normalized spacial score (nSPS) is 21.9. The number of amides is 1. The highest BCUT2D eigenvalue weighted by atomic mass is 19.1. The molecule has 19 heavy (non-hydrogen) atoms. The van der Waals surface area contributed by atoms with Gasteiger partial charge in [-0.3, -0.25) is 4.79 Å². The van der Waals surface area contributed by atoms with E-state index >= 15 is 0 Å². The fourth-order valence-electron chi connectivity index (χ4n) is 2.29. The Morgan fingerprint density at radius 1 is 1.47 bits per heavy atom. The predicted molar refractivity (Wildman–Crippen MR) is 66.5 cm³/mol. The van der Waals surface area contributed by atoms with Crippen LogP contribution in [0.25, 0.3) is 0 Å². The number of hydrogen-bond acceptors (Lipinski definition) is 3. The van der Waals surface area contributed by atoms with Crippen LogP contribution in [-0.4, -0.2) is 35.6 Å². The lowest BCUT2D eigenvalue weighted by molar-refractivity contribution is 0.0264. The number of aliphatic hydroxyl groups excluding tert-OH is 1. The Morgan fingerprint density at radius 2 is 2.11 bits per heavy atom. The van der Waals surface area contributed by atoms with E-state index in [9.17, 15) is 18.7 Å². The number of rotatable bonds is 3. The number of hydrogen-bond donors (Lipinski definition) is 2. The molecule has 1 aromatic carbocycles. The first kappa shape index (κ1) is 13.7. The summed E-state index contributed by atoms with van der Waals surface area (Å²) < 4.78 is 26.9. The molecule has 1 amide bonds. The zero-order valence-electron chi connectivity index (χ0n) is 10.6. The van der Waals surface area contributed by atoms with Crippen molar-refractivity contribution in [1.29, 1.82) is 0 Å². The first-order valence-corrected chi connectivity index (χ1v) is 6.06. The molecule has 0 aliphatic heterocycles. The van der Waals surface area contributed by atoms with Gasteiger partial charge in [-0.25, -0.2) is 8.78 Å². The van der Waals surface area contributed by atoms with Crippen LogP contribution >= 0.6 is 0 Å². The standard InChI is InChI=1S/C13H16F2N2O2/c1-17(6-7-2-9(18)3-7)13(19)10-4-8(14)5-11(16)12(10)15/h4-5,7,9,18H,2-3,6,16H2,1H3. The molecule has 1 saturated carbocycles. The highest BCUT2D eigenvalue weighted by Gasteiger charge is 2.30. The molecule has 6 heteroatoms. The van der Waals surface area contributed by atoms with Crippen LogP contribution in [0.2, 0.25) is 0 Å². The molecular weight excluding hydrogens is 254 g/mol. The number of carbonyl (C=O) groups excluding carboxylic acids is 1. The molecule has 0 radical (unpaired) electrons. The first-order chi connectivity index (χ1) is 8.88. The number of nitrogen functional groups attached to an aromatic ring is 1. The van der Waals surface area contributed by atoms with E-state index in [4.69, 9.17) is 5.73 Å². The molecule has 104 valence electrons. The summed E-state index contributed by atoms with van der Waals surface area (Å²) in [6.07, 6.45) is 0.951. The highest BCUT2D eigenvalue weighted by Crippen LogP contribution is 2.28. The Bertz CT molecular complexity index is 502. The molecule has 0 bridgehead atoms. The van der Waals surface area contributed by atoms with E-state index in [1.807, 2.05) is 0 Å². The molecule has 1 aliphatic carbocycles. The van der Waals surface area contributed by atoms with Crippen LogP contribution in [0.5, 0.6) is 0 Å². The maximum absolute atomic E-state index is 13.7. The van der Waals surface area contributed by atoms with Crippen LogP contribution in [0, 0.1) is 17.6 Å². The summed E-state index contributed by atoms with van der Waals surface area (Å²) in [5.41, 5.74) is 4.56. The lowest BCUT2D eigenvalue weighted by atomic mass is 9.82. The lowest BCUT2D eigenvalue weighted by Crippen LogP contribution is -2.39. The van der Waals surface area contributed by atoms with E-state index in [0.717, 1.165) is 12.1 Å². The SMILES string of the molecule is CN(CC1CC(O)C1)C(=O)c1cc(F)cc(N)c1F. The molecule has 1 aromatic rings. The molecule has 0 spiro atoms. The molecule has 0 unspecified atom stereocenters. The number of halogens is 2. The van der Waals surface area contributed by atoms with Gasteiger partial charge in [-0.05, 0) is 30.9 Å². The van der Waals surface area contributed by atoms with Crippen molar-refractivity contribution < 1.29 is 18.7 Å². The number of aliphatic hydroxyl groups is 1. The number of anilines is 1. The summed E-state index contributed by atoms with van der Waals surface area (Å²) in [7, 11) is 1.52. The van der Waals surface area contributed by atoms with E-state index in [-0.39, 0.29) is 23.3 Å². The quantitative estimate of drug-likeness (QED) is 0.816. The van der Waals surface area contributed by atoms with Gasteiger partial charge in [0, 0.05) is 13.6 Å². The Kier molecular flexibility index (Phi) is 3.71. The number of nitrogens with zero attached hydrogens (tertiary/aromatic N) is 1. The summed E-state index contributed by atoms with van der Waals surface area (Å²) in [6.45, 7) is 0.408. The molecule has 4 nitrogen and oxygen atoms in total. The number of carbonyl (C=O) groups is 1. The Balaban J connectivity index is 2.10. The monoisotopic (exact) mass is 270 g/mol. The lowest BCUT2D eigenvalue weighted by Gasteiger charge is -2.34. The zero-order valence-corrected chi connectivity index (χ0v) is 10.6. The third-order valence-corrected chi connectivity index (χ3v) is 3.39. The van der Waals surface area contributed by atoms with Gasteiger partial charge >= 0.3 is 0 Å². The van der Waals surface area contributed by atoms with E-state index in [1.165, 1.54) is 11.9 Å². The van der Waals surface area contributed by atoms with Gasteiger partial charge in [0.25, 0.3) is 5.91 Å². The smallest absolute Gasteiger partial charge is 0.256 e. The maximum Gasteiger partial charge on any atom is 0.256 e. The summed E-state index contributed by atoms with van der Waals surface area (Å²) in [5.74, 6) is -2.04. The molecule has 0 aromatic heterocycles. The molecular formula is C13H16F2N2O2. The predicted octanol–water partition coefficient (Wildman–Crippen LogP) is 1.39. The molecule has 1 aliphatic rings. The zero-order chi connectivity index (χ0) is 14.2. The fraction of sp³-hybridized carbons (Fsp3) is 0.462. The minimum atomic E-state index is -0.896. The second-order valence-corrected chi connectivity index (χ2v) is 5.03. The van der Waals surface area contributed by atoms with Crippen molar-refractivity contribution in [1.82, 2.24) is 4.90 Å². The van der Waals surface area contributed by atoms with Crippen molar-refractivity contribution in [3.63, 3.8) is 0 Å². The summed E-state index contributed by atoms with van der Waals surface area (Å²) in [5, 5.41) is 9.17. The number of nitrogens with two attached hydrogens (primary N) is 1. The van der Waals surface area contributed by atoms with Gasteiger partial charge in [0.2, 0.25) is 0 Å².